The predicted octanol–water partition coefficient (Wildman–Crippen LogP) is 3.33. The van der Waals surface area contributed by atoms with Crippen molar-refractivity contribution in [2.75, 3.05) is 6.61 Å². The molecule has 0 bridgehead atoms. The van der Waals surface area contributed by atoms with Gasteiger partial charge in [0.05, 0.1) is 18.1 Å². The Morgan fingerprint density at radius 3 is 2.54 bits per heavy atom. The normalized spacial score (nSPS) is 49.4. The molecule has 202 valence electrons. The molecule has 0 amide bonds. The molecule has 5 fully saturated rings. The Kier molecular flexibility index (Phi) is 5.18. The second-order valence-electron chi connectivity index (χ2n) is 12.7. The number of aliphatic hydroxyl groups excluding tert-OH is 1. The number of hydrogen-bond donors (Lipinski definition) is 1. The Hall–Kier alpha value is -1.97. The van der Waals surface area contributed by atoms with Gasteiger partial charge < -0.3 is 19.3 Å². The van der Waals surface area contributed by atoms with Crippen molar-refractivity contribution in [3.05, 3.63) is 23.8 Å². The van der Waals surface area contributed by atoms with Crippen molar-refractivity contribution in [2.45, 2.75) is 95.2 Å². The summed E-state index contributed by atoms with van der Waals surface area (Å²) in [4.78, 5) is 38.1. The molecule has 0 aromatic carbocycles. The summed E-state index contributed by atoms with van der Waals surface area (Å²) in [5.74, 6) is -4.16. The van der Waals surface area contributed by atoms with Gasteiger partial charge in [0.15, 0.2) is 29.4 Å². The number of carbonyl (C=O) groups is 3. The van der Waals surface area contributed by atoms with E-state index in [0.717, 1.165) is 18.9 Å². The SMILES string of the molecule is CC1(C)O[C@@H]2C[C@H]3[C@@H]4C[C@H](F)C5=CC(=O)C=C[C@]5(C)[C@@]4(F)[C@@H](O)C[C@]3(C)[C@]2(C(=O)COC(=O)C2CC2)O1. The highest BCUT2D eigenvalue weighted by atomic mass is 19.1. The highest BCUT2D eigenvalue weighted by Gasteiger charge is 2.80. The summed E-state index contributed by atoms with van der Waals surface area (Å²) in [6.07, 6.45) is 1.20. The van der Waals surface area contributed by atoms with Crippen molar-refractivity contribution >= 4 is 17.5 Å². The minimum absolute atomic E-state index is 0.0472. The lowest BCUT2D eigenvalue weighted by atomic mass is 9.44. The maximum absolute atomic E-state index is 17.4. The van der Waals surface area contributed by atoms with Crippen LogP contribution in [-0.2, 0) is 28.6 Å². The summed E-state index contributed by atoms with van der Waals surface area (Å²) >= 11 is 0. The Morgan fingerprint density at radius 2 is 1.86 bits per heavy atom. The molecule has 1 aliphatic heterocycles. The number of carbonyl (C=O) groups excluding carboxylic acids is 3. The summed E-state index contributed by atoms with van der Waals surface area (Å²) in [6, 6.07) is 0. The largest absolute Gasteiger partial charge is 0.457 e. The van der Waals surface area contributed by atoms with E-state index in [9.17, 15) is 19.5 Å². The van der Waals surface area contributed by atoms with Crippen LogP contribution in [0.2, 0.25) is 0 Å². The molecule has 9 atom stereocenters. The quantitative estimate of drug-likeness (QED) is 0.568. The fourth-order valence-corrected chi connectivity index (χ4v) is 8.48. The number of rotatable bonds is 4. The molecule has 6 aliphatic rings. The molecule has 0 unspecified atom stereocenters. The number of esters is 1. The molecule has 1 heterocycles. The average molecular weight is 521 g/mol. The zero-order valence-corrected chi connectivity index (χ0v) is 21.6. The van der Waals surface area contributed by atoms with Gasteiger partial charge in [-0.1, -0.05) is 13.0 Å². The van der Waals surface area contributed by atoms with E-state index in [1.54, 1.807) is 20.8 Å². The van der Waals surface area contributed by atoms with Gasteiger partial charge in [0.25, 0.3) is 0 Å². The number of hydrogen-bond acceptors (Lipinski definition) is 7. The van der Waals surface area contributed by atoms with Crippen LogP contribution in [0.3, 0.4) is 0 Å². The second-order valence-corrected chi connectivity index (χ2v) is 12.7. The van der Waals surface area contributed by atoms with Crippen LogP contribution >= 0.6 is 0 Å². The van der Waals surface area contributed by atoms with Crippen LogP contribution in [0.25, 0.3) is 0 Å². The van der Waals surface area contributed by atoms with Gasteiger partial charge in [0.2, 0.25) is 5.78 Å². The Morgan fingerprint density at radius 1 is 1.16 bits per heavy atom. The van der Waals surface area contributed by atoms with Crippen molar-refractivity contribution in [1.82, 2.24) is 0 Å². The van der Waals surface area contributed by atoms with Crippen molar-refractivity contribution in [2.24, 2.45) is 28.6 Å². The van der Waals surface area contributed by atoms with E-state index in [-0.39, 0.29) is 30.8 Å². The van der Waals surface area contributed by atoms with Crippen molar-refractivity contribution in [3.63, 3.8) is 0 Å². The lowest BCUT2D eigenvalue weighted by Crippen LogP contribution is -2.71. The van der Waals surface area contributed by atoms with Gasteiger partial charge in [0.1, 0.15) is 6.17 Å². The van der Waals surface area contributed by atoms with E-state index < -0.39 is 82.2 Å². The number of alkyl halides is 2. The van der Waals surface area contributed by atoms with Crippen LogP contribution in [-0.4, -0.2) is 64.7 Å². The summed E-state index contributed by atoms with van der Waals surface area (Å²) in [6.45, 7) is 6.20. The number of fused-ring (bicyclic) bond motifs is 7. The third kappa shape index (κ3) is 3.11. The number of aliphatic hydroxyl groups is 1. The van der Waals surface area contributed by atoms with E-state index in [4.69, 9.17) is 14.2 Å². The number of allylic oxidation sites excluding steroid dienone is 4. The standard InChI is InChI=1S/C28H34F2O7/c1-24(2)36-22-11-16-17-10-19(29)18-9-15(31)7-8-25(18,3)27(17,30)20(32)12-26(16,4)28(22,37-24)21(33)13-35-23(34)14-5-6-14/h7-9,14,16-17,19-20,22,32H,5-6,10-13H2,1-4H3/t16-,17-,19-,20-,22+,25-,26-,27-,28+/m0/s1. The molecule has 1 N–H and O–H groups in total. The zero-order chi connectivity index (χ0) is 26.8. The van der Waals surface area contributed by atoms with Gasteiger partial charge in [-0.3, -0.25) is 14.4 Å². The number of halogens is 2. The number of ketones is 2. The molecule has 9 heteroatoms. The van der Waals surface area contributed by atoms with Gasteiger partial charge in [0, 0.05) is 16.7 Å². The van der Waals surface area contributed by atoms with Crippen molar-refractivity contribution in [1.29, 1.82) is 0 Å². The van der Waals surface area contributed by atoms with Crippen LogP contribution in [0.4, 0.5) is 8.78 Å². The van der Waals surface area contributed by atoms with Gasteiger partial charge in [-0.2, -0.15) is 0 Å². The molecule has 0 aromatic heterocycles. The first kappa shape index (κ1) is 25.3. The van der Waals surface area contributed by atoms with E-state index >= 15 is 8.78 Å². The lowest BCUT2D eigenvalue weighted by molar-refractivity contribution is -0.249. The molecule has 5 aliphatic carbocycles. The molecule has 0 radical (unpaired) electrons. The molecule has 4 saturated carbocycles. The van der Waals surface area contributed by atoms with E-state index in [0.29, 0.717) is 0 Å². The summed E-state index contributed by atoms with van der Waals surface area (Å²) in [7, 11) is 0. The minimum atomic E-state index is -2.26. The summed E-state index contributed by atoms with van der Waals surface area (Å²) < 4.78 is 50.9. The number of ether oxygens (including phenoxy) is 3. The molecular weight excluding hydrogens is 486 g/mol. The first-order valence-electron chi connectivity index (χ1n) is 13.2. The maximum Gasteiger partial charge on any atom is 0.309 e. The summed E-state index contributed by atoms with van der Waals surface area (Å²) in [5.41, 5.74) is -6.43. The van der Waals surface area contributed by atoms with Gasteiger partial charge >= 0.3 is 5.97 Å². The van der Waals surface area contributed by atoms with Gasteiger partial charge in [-0.25, -0.2) is 8.78 Å². The van der Waals surface area contributed by atoms with E-state index in [2.05, 4.69) is 0 Å². The van der Waals surface area contributed by atoms with E-state index in [1.165, 1.54) is 19.1 Å². The Bertz CT molecular complexity index is 1140. The molecule has 7 nitrogen and oxygen atoms in total. The van der Waals surface area contributed by atoms with Crippen LogP contribution in [0.15, 0.2) is 23.8 Å². The predicted molar refractivity (Wildman–Crippen MR) is 125 cm³/mol. The highest BCUT2D eigenvalue weighted by Crippen LogP contribution is 2.72. The molecule has 6 rings (SSSR count). The second kappa shape index (κ2) is 7.57. The third-order valence-electron chi connectivity index (χ3n) is 10.3. The lowest BCUT2D eigenvalue weighted by Gasteiger charge is -2.63. The van der Waals surface area contributed by atoms with Gasteiger partial charge in [-0.15, -0.1) is 0 Å². The Labute approximate surface area is 214 Å². The monoisotopic (exact) mass is 520 g/mol. The third-order valence-corrected chi connectivity index (χ3v) is 10.3. The van der Waals surface area contributed by atoms with Crippen LogP contribution < -0.4 is 0 Å². The Balaban J connectivity index is 1.41. The fraction of sp³-hybridized carbons (Fsp3) is 0.750. The van der Waals surface area contributed by atoms with Crippen LogP contribution in [0.5, 0.6) is 0 Å². The van der Waals surface area contributed by atoms with Gasteiger partial charge in [-0.05, 0) is 76.5 Å². The average Bonchev–Trinajstić information content (AvgIpc) is 3.59. The fourth-order valence-electron chi connectivity index (χ4n) is 8.48. The number of Topliss-reactive ketones (excluding diaryl/α,β-unsaturated/α-hetero) is 1. The van der Waals surface area contributed by atoms with E-state index in [1.807, 2.05) is 0 Å². The molecule has 0 aromatic rings. The van der Waals surface area contributed by atoms with Crippen LogP contribution in [0.1, 0.15) is 59.8 Å². The molecule has 1 saturated heterocycles. The zero-order valence-electron chi connectivity index (χ0n) is 21.6. The summed E-state index contributed by atoms with van der Waals surface area (Å²) in [5, 5.41) is 11.5. The van der Waals surface area contributed by atoms with Crippen molar-refractivity contribution in [3.8, 4) is 0 Å². The first-order chi connectivity index (χ1) is 17.2. The molecular formula is C28H34F2O7. The highest BCUT2D eigenvalue weighted by molar-refractivity contribution is 6.01. The minimum Gasteiger partial charge on any atom is -0.457 e. The van der Waals surface area contributed by atoms with Crippen LogP contribution in [0, 0.1) is 28.6 Å². The van der Waals surface area contributed by atoms with Crippen molar-refractivity contribution < 1.29 is 42.5 Å². The smallest absolute Gasteiger partial charge is 0.309 e. The maximum atomic E-state index is 17.4. The topological polar surface area (TPSA) is 99.1 Å². The first-order valence-corrected chi connectivity index (χ1v) is 13.2. The molecule has 37 heavy (non-hydrogen) atoms. The molecule has 0 spiro atoms.